The Morgan fingerprint density at radius 3 is 2.58 bits per heavy atom. The van der Waals surface area contributed by atoms with Gasteiger partial charge in [-0.1, -0.05) is 20.8 Å². The van der Waals surface area contributed by atoms with Crippen molar-refractivity contribution < 1.29 is 4.74 Å². The van der Waals surface area contributed by atoms with E-state index in [4.69, 9.17) is 10.5 Å². The third kappa shape index (κ3) is 2.81. The molecule has 2 N–H and O–H groups in total. The lowest BCUT2D eigenvalue weighted by Crippen LogP contribution is -2.17. The maximum absolute atomic E-state index is 5.87. The van der Waals surface area contributed by atoms with Crippen molar-refractivity contribution in [1.82, 2.24) is 15.0 Å². The average Bonchev–Trinajstić information content (AvgIpc) is 2.37. The highest BCUT2D eigenvalue weighted by Crippen LogP contribution is 2.28. The molecule has 2 heterocycles. The molecular weight excluding hydrogens is 240 g/mol. The van der Waals surface area contributed by atoms with Crippen LogP contribution in [0.1, 0.15) is 26.6 Å². The average molecular weight is 258 g/mol. The van der Waals surface area contributed by atoms with E-state index in [2.05, 4.69) is 15.0 Å². The zero-order valence-corrected chi connectivity index (χ0v) is 11.6. The molecule has 100 valence electrons. The minimum Gasteiger partial charge on any atom is -0.494 e. The summed E-state index contributed by atoms with van der Waals surface area (Å²) in [7, 11) is 1.61. The summed E-state index contributed by atoms with van der Waals surface area (Å²) in [6.07, 6.45) is 1.70. The molecule has 2 aromatic rings. The molecular formula is C14H18N4O. The lowest BCUT2D eigenvalue weighted by atomic mass is 9.95. The number of aromatic nitrogens is 3. The number of nitrogen functional groups attached to an aromatic ring is 1. The number of anilines is 1. The van der Waals surface area contributed by atoms with Crippen LogP contribution >= 0.6 is 0 Å². The Bertz CT molecular complexity index is 590. The maximum Gasteiger partial charge on any atom is 0.146 e. The van der Waals surface area contributed by atoms with E-state index in [9.17, 15) is 0 Å². The number of nitrogens with two attached hydrogens (primary N) is 1. The summed E-state index contributed by atoms with van der Waals surface area (Å²) in [6.45, 7) is 6.13. The molecule has 0 fully saturated rings. The number of rotatable bonds is 2. The predicted molar refractivity (Wildman–Crippen MR) is 74.9 cm³/mol. The highest BCUT2D eigenvalue weighted by Gasteiger charge is 2.20. The Morgan fingerprint density at radius 1 is 1.21 bits per heavy atom. The summed E-state index contributed by atoms with van der Waals surface area (Å²) in [5, 5.41) is 0. The fourth-order valence-corrected chi connectivity index (χ4v) is 1.67. The first-order chi connectivity index (χ1) is 8.91. The summed E-state index contributed by atoms with van der Waals surface area (Å²) in [5.41, 5.74) is 7.04. The monoisotopic (exact) mass is 258 g/mol. The van der Waals surface area contributed by atoms with Crippen molar-refractivity contribution >= 4 is 5.82 Å². The molecule has 5 nitrogen and oxygen atoms in total. The van der Waals surface area contributed by atoms with E-state index in [0.717, 1.165) is 0 Å². The van der Waals surface area contributed by atoms with Gasteiger partial charge in [-0.15, -0.1) is 0 Å². The molecule has 0 atom stereocenters. The van der Waals surface area contributed by atoms with Crippen LogP contribution in [0.25, 0.3) is 11.4 Å². The summed E-state index contributed by atoms with van der Waals surface area (Å²) in [6, 6.07) is 5.37. The predicted octanol–water partition coefficient (Wildman–Crippen LogP) is 2.43. The van der Waals surface area contributed by atoms with E-state index in [0.29, 0.717) is 28.8 Å². The van der Waals surface area contributed by atoms with E-state index < -0.39 is 0 Å². The minimum atomic E-state index is -0.174. The fraction of sp³-hybridized carbons (Fsp3) is 0.357. The Morgan fingerprint density at radius 2 is 1.95 bits per heavy atom. The molecule has 0 bridgehead atoms. The summed E-state index contributed by atoms with van der Waals surface area (Å²) in [4.78, 5) is 13.1. The van der Waals surface area contributed by atoms with Gasteiger partial charge in [0.05, 0.1) is 12.8 Å². The largest absolute Gasteiger partial charge is 0.494 e. The van der Waals surface area contributed by atoms with Crippen LogP contribution in [0.2, 0.25) is 0 Å². The van der Waals surface area contributed by atoms with Gasteiger partial charge in [-0.25, -0.2) is 9.97 Å². The minimum absolute atomic E-state index is 0.174. The number of nitrogens with zero attached hydrogens (tertiary/aromatic N) is 3. The molecule has 0 amide bonds. The van der Waals surface area contributed by atoms with Gasteiger partial charge in [0.25, 0.3) is 0 Å². The SMILES string of the molecule is COc1cccnc1-c1cc(N)nc(C(C)(C)C)n1. The van der Waals surface area contributed by atoms with Crippen molar-refractivity contribution in [1.29, 1.82) is 0 Å². The molecule has 0 radical (unpaired) electrons. The normalized spacial score (nSPS) is 11.4. The molecule has 0 saturated carbocycles. The second kappa shape index (κ2) is 4.84. The summed E-state index contributed by atoms with van der Waals surface area (Å²) < 4.78 is 5.30. The van der Waals surface area contributed by atoms with Crippen molar-refractivity contribution in [2.45, 2.75) is 26.2 Å². The van der Waals surface area contributed by atoms with Gasteiger partial charge >= 0.3 is 0 Å². The Balaban J connectivity index is 2.60. The van der Waals surface area contributed by atoms with Crippen molar-refractivity contribution in [3.8, 4) is 17.1 Å². The quantitative estimate of drug-likeness (QED) is 0.895. The van der Waals surface area contributed by atoms with Crippen LogP contribution in [0.3, 0.4) is 0 Å². The first-order valence-corrected chi connectivity index (χ1v) is 6.06. The van der Waals surface area contributed by atoms with Gasteiger partial charge in [0.2, 0.25) is 0 Å². The van der Waals surface area contributed by atoms with Crippen LogP contribution in [0.5, 0.6) is 5.75 Å². The number of hydrogen-bond donors (Lipinski definition) is 1. The van der Waals surface area contributed by atoms with Gasteiger partial charge in [0.15, 0.2) is 0 Å². The van der Waals surface area contributed by atoms with Gasteiger partial charge in [-0.3, -0.25) is 4.98 Å². The van der Waals surface area contributed by atoms with Gasteiger partial charge in [-0.05, 0) is 12.1 Å². The summed E-state index contributed by atoms with van der Waals surface area (Å²) in [5.74, 6) is 1.79. The molecule has 0 aromatic carbocycles. The van der Waals surface area contributed by atoms with Gasteiger partial charge in [0.1, 0.15) is 23.1 Å². The zero-order valence-electron chi connectivity index (χ0n) is 11.6. The Kier molecular flexibility index (Phi) is 3.38. The molecule has 2 aromatic heterocycles. The first kappa shape index (κ1) is 13.3. The topological polar surface area (TPSA) is 73.9 Å². The van der Waals surface area contributed by atoms with Gasteiger partial charge in [-0.2, -0.15) is 0 Å². The number of methoxy groups -OCH3 is 1. The number of hydrogen-bond acceptors (Lipinski definition) is 5. The summed E-state index contributed by atoms with van der Waals surface area (Å²) >= 11 is 0. The van der Waals surface area contributed by atoms with Crippen LogP contribution in [0.4, 0.5) is 5.82 Å². The van der Waals surface area contributed by atoms with Crippen molar-refractivity contribution in [3.05, 3.63) is 30.2 Å². The fourth-order valence-electron chi connectivity index (χ4n) is 1.67. The molecule has 0 spiro atoms. The van der Waals surface area contributed by atoms with Crippen LogP contribution in [0.15, 0.2) is 24.4 Å². The Hall–Kier alpha value is -2.17. The van der Waals surface area contributed by atoms with E-state index in [1.165, 1.54) is 0 Å². The van der Waals surface area contributed by atoms with Crippen LogP contribution in [-0.2, 0) is 5.41 Å². The van der Waals surface area contributed by atoms with Crippen LogP contribution in [0, 0.1) is 0 Å². The third-order valence-electron chi connectivity index (χ3n) is 2.65. The van der Waals surface area contributed by atoms with E-state index in [1.54, 1.807) is 19.4 Å². The zero-order chi connectivity index (χ0) is 14.0. The first-order valence-electron chi connectivity index (χ1n) is 6.06. The molecule has 0 unspecified atom stereocenters. The molecule has 0 saturated heterocycles. The van der Waals surface area contributed by atoms with E-state index in [-0.39, 0.29) is 5.41 Å². The second-order valence-electron chi connectivity index (χ2n) is 5.31. The maximum atomic E-state index is 5.87. The molecule has 0 aliphatic carbocycles. The van der Waals surface area contributed by atoms with Crippen LogP contribution < -0.4 is 10.5 Å². The van der Waals surface area contributed by atoms with Gasteiger partial charge < -0.3 is 10.5 Å². The lowest BCUT2D eigenvalue weighted by Gasteiger charge is -2.18. The van der Waals surface area contributed by atoms with Crippen molar-refractivity contribution in [3.63, 3.8) is 0 Å². The van der Waals surface area contributed by atoms with E-state index in [1.807, 2.05) is 32.9 Å². The molecule has 0 aliphatic rings. The lowest BCUT2D eigenvalue weighted by molar-refractivity contribution is 0.414. The number of pyridine rings is 1. The van der Waals surface area contributed by atoms with Crippen molar-refractivity contribution in [2.75, 3.05) is 12.8 Å². The second-order valence-corrected chi connectivity index (χ2v) is 5.31. The van der Waals surface area contributed by atoms with Crippen molar-refractivity contribution in [2.24, 2.45) is 0 Å². The standard InChI is InChI=1S/C14H18N4O/c1-14(2,3)13-17-9(8-11(15)18-13)12-10(19-4)6-5-7-16-12/h5-8H,1-4H3,(H2,15,17,18). The molecule has 0 aliphatic heterocycles. The molecule has 2 rings (SSSR count). The highest BCUT2D eigenvalue weighted by atomic mass is 16.5. The molecule has 19 heavy (non-hydrogen) atoms. The van der Waals surface area contributed by atoms with E-state index >= 15 is 0 Å². The van der Waals surface area contributed by atoms with Gasteiger partial charge in [0, 0.05) is 17.7 Å². The Labute approximate surface area is 112 Å². The van der Waals surface area contributed by atoms with Crippen LogP contribution in [-0.4, -0.2) is 22.1 Å². The molecule has 5 heteroatoms. The number of ether oxygens (including phenoxy) is 1. The highest BCUT2D eigenvalue weighted by molar-refractivity contribution is 5.64. The third-order valence-corrected chi connectivity index (χ3v) is 2.65. The smallest absolute Gasteiger partial charge is 0.146 e.